The number of hydrogen-bond donors (Lipinski definition) is 1. The summed E-state index contributed by atoms with van der Waals surface area (Å²) >= 11 is 1.25. The first-order valence-electron chi connectivity index (χ1n) is 8.24. The monoisotopic (exact) mass is 384 g/mol. The van der Waals surface area contributed by atoms with Gasteiger partial charge in [0.15, 0.2) is 5.01 Å². The van der Waals surface area contributed by atoms with Crippen molar-refractivity contribution in [2.24, 2.45) is 0 Å². The molecule has 0 aliphatic carbocycles. The van der Waals surface area contributed by atoms with Crippen LogP contribution in [0.25, 0.3) is 0 Å². The molecule has 0 spiro atoms. The second kappa shape index (κ2) is 7.39. The Morgan fingerprint density at radius 2 is 2.00 bits per heavy atom. The third kappa shape index (κ3) is 3.95. The van der Waals surface area contributed by atoms with E-state index in [-0.39, 0.29) is 5.91 Å². The lowest BCUT2D eigenvalue weighted by Gasteiger charge is -2.18. The summed E-state index contributed by atoms with van der Waals surface area (Å²) in [5, 5.41) is 11.1. The number of carbonyl (C=O) groups excluding carboxylic acids is 1. The summed E-state index contributed by atoms with van der Waals surface area (Å²) in [6, 6.07) is 10.4. The van der Waals surface area contributed by atoms with E-state index >= 15 is 0 Å². The highest BCUT2D eigenvalue weighted by Crippen LogP contribution is 2.33. The fraction of sp³-hybridized carbons (Fsp3) is 0.222. The number of benzene rings is 1. The number of thiazole rings is 1. The Balaban J connectivity index is 1.40. The molecule has 2 aromatic heterocycles. The van der Waals surface area contributed by atoms with E-state index in [4.69, 9.17) is 14.2 Å². The predicted octanol–water partition coefficient (Wildman–Crippen LogP) is 3.20. The molecule has 1 aromatic carbocycles. The van der Waals surface area contributed by atoms with Crippen molar-refractivity contribution in [1.82, 2.24) is 15.2 Å². The summed E-state index contributed by atoms with van der Waals surface area (Å²) in [7, 11) is 0. The molecule has 1 aliphatic heterocycles. The molecular weight excluding hydrogens is 368 g/mol. The van der Waals surface area contributed by atoms with E-state index in [2.05, 4.69) is 20.5 Å². The number of aromatic nitrogens is 3. The van der Waals surface area contributed by atoms with E-state index in [0.717, 1.165) is 0 Å². The van der Waals surface area contributed by atoms with Crippen LogP contribution in [0.4, 0.5) is 5.69 Å². The van der Waals surface area contributed by atoms with Crippen LogP contribution < -0.4 is 10.1 Å². The van der Waals surface area contributed by atoms with Gasteiger partial charge in [-0.2, -0.15) is 5.10 Å². The van der Waals surface area contributed by atoms with Crippen LogP contribution in [-0.4, -0.2) is 34.3 Å². The van der Waals surface area contributed by atoms with Crippen LogP contribution in [-0.2, 0) is 15.3 Å². The molecule has 1 aliphatic rings. The topological polar surface area (TPSA) is 95.5 Å². The number of nitrogens with one attached hydrogen (secondary N) is 1. The van der Waals surface area contributed by atoms with Gasteiger partial charge in [0.05, 0.1) is 19.4 Å². The lowest BCUT2D eigenvalue weighted by atomic mass is 10.3. The molecule has 0 radical (unpaired) electrons. The van der Waals surface area contributed by atoms with Gasteiger partial charge in [-0.25, -0.2) is 4.98 Å². The van der Waals surface area contributed by atoms with Crippen LogP contribution in [0.1, 0.15) is 21.6 Å². The highest BCUT2D eigenvalue weighted by atomic mass is 32.1. The molecular formula is C18H16N4O4S. The average molecular weight is 384 g/mol. The number of nitrogens with zero attached hydrogens (tertiary/aromatic N) is 3. The van der Waals surface area contributed by atoms with Crippen LogP contribution in [0.3, 0.4) is 0 Å². The molecule has 4 rings (SSSR count). The molecule has 0 unspecified atom stereocenters. The van der Waals surface area contributed by atoms with Gasteiger partial charge in [0.1, 0.15) is 10.6 Å². The van der Waals surface area contributed by atoms with Gasteiger partial charge in [-0.15, -0.1) is 16.4 Å². The van der Waals surface area contributed by atoms with Crippen LogP contribution >= 0.6 is 11.3 Å². The van der Waals surface area contributed by atoms with Crippen molar-refractivity contribution in [3.63, 3.8) is 0 Å². The Kier molecular flexibility index (Phi) is 4.80. The molecule has 1 fully saturated rings. The minimum absolute atomic E-state index is 0.247. The molecule has 1 N–H and O–H groups in total. The van der Waals surface area contributed by atoms with Gasteiger partial charge in [-0.3, -0.25) is 4.79 Å². The van der Waals surface area contributed by atoms with Crippen LogP contribution in [0, 0.1) is 0 Å². The number of carbonyl (C=O) groups is 1. The lowest BCUT2D eigenvalue weighted by molar-refractivity contribution is -0.149. The normalized spacial score (nSPS) is 15.4. The van der Waals surface area contributed by atoms with Gasteiger partial charge in [0, 0.05) is 18.0 Å². The fourth-order valence-electron chi connectivity index (χ4n) is 2.49. The van der Waals surface area contributed by atoms with Crippen molar-refractivity contribution in [2.45, 2.75) is 12.7 Å². The summed E-state index contributed by atoms with van der Waals surface area (Å²) in [6.07, 6.45) is 3.10. The molecule has 0 bridgehead atoms. The first kappa shape index (κ1) is 17.5. The minimum Gasteiger partial charge on any atom is -0.438 e. The maximum atomic E-state index is 12.5. The highest BCUT2D eigenvalue weighted by Gasteiger charge is 2.36. The molecule has 8 nitrogen and oxygen atoms in total. The number of ether oxygens (including phenoxy) is 3. The fourth-order valence-corrected chi connectivity index (χ4v) is 3.35. The summed E-state index contributed by atoms with van der Waals surface area (Å²) in [5.41, 5.74) is 0.640. The number of amides is 1. The van der Waals surface area contributed by atoms with Crippen molar-refractivity contribution in [2.75, 3.05) is 18.5 Å². The van der Waals surface area contributed by atoms with Gasteiger partial charge in [-0.05, 0) is 37.3 Å². The van der Waals surface area contributed by atoms with E-state index in [0.29, 0.717) is 40.4 Å². The number of rotatable bonds is 5. The molecule has 138 valence electrons. The van der Waals surface area contributed by atoms with Crippen LogP contribution in [0.2, 0.25) is 0 Å². The predicted molar refractivity (Wildman–Crippen MR) is 97.9 cm³/mol. The standard InChI is InChI=1S/C18H16N4O4S/c1-18(24-9-10-25-18)17-19-11-14(27-17)16(23)21-12-4-6-13(7-5-12)26-15-3-2-8-20-22-15/h2-8,11H,9-10H2,1H3,(H,21,23). The maximum Gasteiger partial charge on any atom is 0.267 e. The van der Waals surface area contributed by atoms with Gasteiger partial charge in [-0.1, -0.05) is 0 Å². The average Bonchev–Trinajstić information content (AvgIpc) is 3.34. The zero-order valence-corrected chi connectivity index (χ0v) is 15.2. The first-order valence-corrected chi connectivity index (χ1v) is 9.05. The van der Waals surface area contributed by atoms with Crippen molar-refractivity contribution >= 4 is 22.9 Å². The quantitative estimate of drug-likeness (QED) is 0.722. The Hall–Kier alpha value is -2.88. The van der Waals surface area contributed by atoms with E-state index in [1.807, 2.05) is 0 Å². The maximum absolute atomic E-state index is 12.5. The summed E-state index contributed by atoms with van der Waals surface area (Å²) in [4.78, 5) is 17.2. The minimum atomic E-state index is -0.873. The van der Waals surface area contributed by atoms with E-state index < -0.39 is 5.79 Å². The van der Waals surface area contributed by atoms with Crippen molar-refractivity contribution in [3.05, 3.63) is 58.7 Å². The molecule has 0 atom stereocenters. The summed E-state index contributed by atoms with van der Waals surface area (Å²) in [5.74, 6) is -0.126. The second-order valence-electron chi connectivity index (χ2n) is 5.81. The Morgan fingerprint density at radius 3 is 2.70 bits per heavy atom. The molecule has 1 amide bonds. The zero-order valence-electron chi connectivity index (χ0n) is 14.4. The highest BCUT2D eigenvalue weighted by molar-refractivity contribution is 7.13. The van der Waals surface area contributed by atoms with Gasteiger partial charge >= 0.3 is 0 Å². The lowest BCUT2D eigenvalue weighted by Crippen LogP contribution is -2.21. The summed E-state index contributed by atoms with van der Waals surface area (Å²) < 4.78 is 16.7. The smallest absolute Gasteiger partial charge is 0.267 e. The second-order valence-corrected chi connectivity index (χ2v) is 6.85. The molecule has 3 heterocycles. The van der Waals surface area contributed by atoms with Gasteiger partial charge in [0.2, 0.25) is 11.7 Å². The third-order valence-corrected chi connectivity index (χ3v) is 5.02. The van der Waals surface area contributed by atoms with E-state index in [9.17, 15) is 4.79 Å². The number of anilines is 1. The molecule has 1 saturated heterocycles. The van der Waals surface area contributed by atoms with Crippen molar-refractivity contribution in [3.8, 4) is 11.6 Å². The van der Waals surface area contributed by atoms with Crippen LogP contribution in [0.15, 0.2) is 48.8 Å². The Morgan fingerprint density at radius 1 is 1.22 bits per heavy atom. The van der Waals surface area contributed by atoms with Gasteiger partial charge < -0.3 is 19.5 Å². The zero-order chi connectivity index (χ0) is 18.7. The summed E-state index contributed by atoms with van der Waals surface area (Å²) in [6.45, 7) is 2.83. The molecule has 3 aromatic rings. The number of hydrogen-bond acceptors (Lipinski definition) is 8. The SMILES string of the molecule is CC1(c2ncc(C(=O)Nc3ccc(Oc4cccnn4)cc3)s2)OCCO1. The largest absolute Gasteiger partial charge is 0.438 e. The Bertz CT molecular complexity index is 924. The third-order valence-electron chi connectivity index (χ3n) is 3.84. The van der Waals surface area contributed by atoms with Gasteiger partial charge in [0.25, 0.3) is 5.91 Å². The van der Waals surface area contributed by atoms with E-state index in [1.54, 1.807) is 49.5 Å². The van der Waals surface area contributed by atoms with E-state index in [1.165, 1.54) is 17.5 Å². The molecule has 27 heavy (non-hydrogen) atoms. The molecule has 0 saturated carbocycles. The molecule has 9 heteroatoms. The first-order chi connectivity index (χ1) is 13.1. The Labute approximate surface area is 159 Å². The van der Waals surface area contributed by atoms with Crippen LogP contribution in [0.5, 0.6) is 11.6 Å². The van der Waals surface area contributed by atoms with Crippen molar-refractivity contribution < 1.29 is 19.0 Å². The van der Waals surface area contributed by atoms with Crippen molar-refractivity contribution in [1.29, 1.82) is 0 Å².